The van der Waals surface area contributed by atoms with Gasteiger partial charge in [0.05, 0.1) is 13.2 Å². The predicted octanol–water partition coefficient (Wildman–Crippen LogP) is -1.88. The summed E-state index contributed by atoms with van der Waals surface area (Å²) in [7, 11) is 0. The second kappa shape index (κ2) is 9.41. The summed E-state index contributed by atoms with van der Waals surface area (Å²) in [5.41, 5.74) is 0. The highest BCUT2D eigenvalue weighted by atomic mass is 16.9. The maximum atomic E-state index is 9.99. The quantitative estimate of drug-likeness (QED) is 0.354. The van der Waals surface area contributed by atoms with Gasteiger partial charge in [-0.05, 0) is 0 Å². The Morgan fingerprint density at radius 2 is 1.36 bits per heavy atom. The van der Waals surface area contributed by atoms with Gasteiger partial charge in [0.15, 0.2) is 5.03 Å². The average Bonchev–Trinajstić information content (AvgIpc) is 2.02. The van der Waals surface area contributed by atoms with Crippen LogP contribution < -0.4 is 0 Å². The van der Waals surface area contributed by atoms with E-state index in [1.807, 2.05) is 0 Å². The van der Waals surface area contributed by atoms with Gasteiger partial charge in [0.1, 0.15) is 13.1 Å². The number of aliphatic hydroxyl groups excluding tert-OH is 2. The Labute approximate surface area is 78.2 Å². The molecule has 0 rings (SSSR count). The average molecular weight is 213 g/mol. The zero-order valence-corrected chi connectivity index (χ0v) is 7.14. The Hall–Kier alpha value is -1.68. The highest BCUT2D eigenvalue weighted by Crippen LogP contribution is 1.85. The molecule has 84 valence electrons. The molecule has 0 aromatic rings. The molecule has 0 atom stereocenters. The van der Waals surface area contributed by atoms with Crippen LogP contribution in [0.3, 0.4) is 0 Å². The first-order valence-corrected chi connectivity index (χ1v) is 3.40. The van der Waals surface area contributed by atoms with E-state index in [2.05, 4.69) is 0 Å². The fraction of sp³-hybridized carbons (Fsp3) is 1.00. The fourth-order valence-corrected chi connectivity index (χ4v) is 0.506. The van der Waals surface area contributed by atoms with Crippen LogP contribution >= 0.6 is 0 Å². The summed E-state index contributed by atoms with van der Waals surface area (Å²) in [6, 6.07) is 0. The van der Waals surface area contributed by atoms with Crippen LogP contribution in [0.1, 0.15) is 0 Å². The number of hydrazine groups is 1. The highest BCUT2D eigenvalue weighted by Gasteiger charge is 2.10. The van der Waals surface area contributed by atoms with Gasteiger partial charge in [-0.3, -0.25) is 0 Å². The van der Waals surface area contributed by atoms with Crippen molar-refractivity contribution in [3.63, 3.8) is 0 Å². The maximum Gasteiger partial charge on any atom is 0.291 e. The second-order valence-corrected chi connectivity index (χ2v) is 1.88. The van der Waals surface area contributed by atoms with Gasteiger partial charge < -0.3 is 15.4 Å². The molecule has 10 nitrogen and oxygen atoms in total. The van der Waals surface area contributed by atoms with Crippen molar-refractivity contribution < 1.29 is 25.5 Å². The molecule has 0 bridgehead atoms. The first-order chi connectivity index (χ1) is 6.45. The number of hydrogen-bond acceptors (Lipinski definition) is 6. The van der Waals surface area contributed by atoms with Crippen molar-refractivity contribution in [3.05, 3.63) is 20.2 Å². The lowest BCUT2D eigenvalue weighted by Crippen LogP contribution is -2.34. The highest BCUT2D eigenvalue weighted by molar-refractivity contribution is 4.40. The Balaban J connectivity index is 0. The van der Waals surface area contributed by atoms with E-state index in [9.17, 15) is 10.1 Å². The van der Waals surface area contributed by atoms with E-state index in [1.54, 1.807) is 0 Å². The summed E-state index contributed by atoms with van der Waals surface area (Å²) in [6.07, 6.45) is 0. The first-order valence-electron chi connectivity index (χ1n) is 3.40. The standard InChI is InChI=1S/C4H10N2O4.HNO3/c7-3-1-5(2-4-8)6(9)10;2-1(3)4/h7-8H,1-4H2;(H,2,3,4). The molecule has 0 radical (unpaired) electrons. The summed E-state index contributed by atoms with van der Waals surface area (Å²) in [4.78, 5) is 18.3. The molecular weight excluding hydrogens is 202 g/mol. The normalized spacial score (nSPS) is 8.43. The molecular formula is C4H11N3O7. The van der Waals surface area contributed by atoms with Crippen molar-refractivity contribution in [1.29, 1.82) is 0 Å². The Bertz CT molecular complexity index is 164. The van der Waals surface area contributed by atoms with Crippen LogP contribution in [0.4, 0.5) is 0 Å². The molecule has 0 heterocycles. The Morgan fingerprint density at radius 3 is 1.50 bits per heavy atom. The lowest BCUT2D eigenvalue weighted by Gasteiger charge is -2.09. The van der Waals surface area contributed by atoms with Crippen LogP contribution in [0.5, 0.6) is 0 Å². The zero-order chi connectivity index (χ0) is 11.6. The molecule has 0 aromatic heterocycles. The Kier molecular flexibility index (Phi) is 9.96. The van der Waals surface area contributed by atoms with Crippen molar-refractivity contribution in [1.82, 2.24) is 5.01 Å². The molecule has 3 N–H and O–H groups in total. The summed E-state index contributed by atoms with van der Waals surface area (Å²) < 4.78 is 0. The summed E-state index contributed by atoms with van der Waals surface area (Å²) in [5, 5.41) is 40.3. The molecule has 0 aliphatic rings. The largest absolute Gasteiger partial charge is 0.394 e. The number of aliphatic hydroxyl groups is 2. The van der Waals surface area contributed by atoms with Gasteiger partial charge >= 0.3 is 0 Å². The molecule has 10 heteroatoms. The molecule has 0 saturated heterocycles. The van der Waals surface area contributed by atoms with E-state index in [0.29, 0.717) is 0 Å². The van der Waals surface area contributed by atoms with Crippen LogP contribution in [0.15, 0.2) is 0 Å². The van der Waals surface area contributed by atoms with Gasteiger partial charge in [-0.1, -0.05) is 0 Å². The van der Waals surface area contributed by atoms with Gasteiger partial charge in [0.25, 0.3) is 5.09 Å². The van der Waals surface area contributed by atoms with E-state index in [-0.39, 0.29) is 26.3 Å². The summed E-state index contributed by atoms with van der Waals surface area (Å²) in [6.45, 7) is -0.650. The van der Waals surface area contributed by atoms with Crippen molar-refractivity contribution in [2.24, 2.45) is 0 Å². The first kappa shape index (κ1) is 14.8. The number of hydrogen-bond donors (Lipinski definition) is 3. The molecule has 0 aliphatic carbocycles. The van der Waals surface area contributed by atoms with E-state index in [0.717, 1.165) is 5.01 Å². The lowest BCUT2D eigenvalue weighted by molar-refractivity contribution is -0.742. The Morgan fingerprint density at radius 1 is 1.07 bits per heavy atom. The van der Waals surface area contributed by atoms with E-state index >= 15 is 0 Å². The smallest absolute Gasteiger partial charge is 0.291 e. The maximum absolute atomic E-state index is 9.99. The minimum absolute atomic E-state index is 0.0481. The van der Waals surface area contributed by atoms with Gasteiger partial charge in [0.2, 0.25) is 0 Å². The van der Waals surface area contributed by atoms with Crippen molar-refractivity contribution in [3.8, 4) is 0 Å². The van der Waals surface area contributed by atoms with Crippen molar-refractivity contribution >= 4 is 0 Å². The van der Waals surface area contributed by atoms with Crippen LogP contribution in [0, 0.1) is 20.2 Å². The van der Waals surface area contributed by atoms with Gasteiger partial charge in [0, 0.05) is 0 Å². The van der Waals surface area contributed by atoms with Gasteiger partial charge in [-0.25, -0.2) is 10.1 Å². The lowest BCUT2D eigenvalue weighted by atomic mass is 10.6. The molecule has 0 unspecified atom stereocenters. The molecule has 0 aromatic carbocycles. The number of nitrogens with zero attached hydrogens (tertiary/aromatic N) is 3. The third-order valence-corrected chi connectivity index (χ3v) is 0.947. The van der Waals surface area contributed by atoms with Crippen LogP contribution in [-0.4, -0.2) is 56.9 Å². The number of nitro groups is 1. The van der Waals surface area contributed by atoms with Crippen LogP contribution in [0.25, 0.3) is 0 Å². The van der Waals surface area contributed by atoms with Gasteiger partial charge in [-0.15, -0.1) is 15.1 Å². The summed E-state index contributed by atoms with van der Waals surface area (Å²) in [5.74, 6) is 0. The molecule has 0 saturated carbocycles. The van der Waals surface area contributed by atoms with E-state index in [4.69, 9.17) is 25.5 Å². The predicted molar refractivity (Wildman–Crippen MR) is 41.5 cm³/mol. The SMILES string of the molecule is O=[N+]([O-])N(CCO)CCO.O=[N+]([O-])O. The van der Waals surface area contributed by atoms with Gasteiger partial charge in [-0.2, -0.15) is 0 Å². The minimum atomic E-state index is -1.50. The van der Waals surface area contributed by atoms with Crippen LogP contribution in [0.2, 0.25) is 0 Å². The molecule has 0 amide bonds. The van der Waals surface area contributed by atoms with Crippen molar-refractivity contribution in [2.75, 3.05) is 26.3 Å². The van der Waals surface area contributed by atoms with E-state index in [1.165, 1.54) is 0 Å². The fourth-order valence-electron chi connectivity index (χ4n) is 0.506. The third kappa shape index (κ3) is 12.9. The zero-order valence-electron chi connectivity index (χ0n) is 7.14. The molecule has 0 fully saturated rings. The molecule has 0 spiro atoms. The molecule has 0 aliphatic heterocycles. The third-order valence-electron chi connectivity index (χ3n) is 0.947. The monoisotopic (exact) mass is 213 g/mol. The molecule has 14 heavy (non-hydrogen) atoms. The second-order valence-electron chi connectivity index (χ2n) is 1.88. The van der Waals surface area contributed by atoms with Crippen molar-refractivity contribution in [2.45, 2.75) is 0 Å². The van der Waals surface area contributed by atoms with E-state index < -0.39 is 10.1 Å². The minimum Gasteiger partial charge on any atom is -0.394 e. The summed E-state index contributed by atoms with van der Waals surface area (Å²) >= 11 is 0. The topological polar surface area (TPSA) is 150 Å². The number of rotatable bonds is 5. The van der Waals surface area contributed by atoms with Crippen LogP contribution in [-0.2, 0) is 0 Å².